The molecule has 1 aliphatic rings. The largest absolute Gasteiger partial charge is 0.341 e. The molecule has 1 aliphatic heterocycles. The zero-order chi connectivity index (χ0) is 12.9. The number of carbonyl (C=O) groups is 1. The van der Waals surface area contributed by atoms with Crippen LogP contribution in [0.5, 0.6) is 0 Å². The van der Waals surface area contributed by atoms with Crippen molar-refractivity contribution in [3.05, 3.63) is 0 Å². The molecule has 3 heteroatoms. The van der Waals surface area contributed by atoms with Crippen LogP contribution in [0.1, 0.15) is 59.3 Å². The smallest absolute Gasteiger partial charge is 0.239 e. The van der Waals surface area contributed by atoms with Gasteiger partial charge in [0, 0.05) is 13.1 Å². The van der Waals surface area contributed by atoms with Crippen LogP contribution in [0.3, 0.4) is 0 Å². The molecule has 1 fully saturated rings. The molecule has 1 amide bonds. The summed E-state index contributed by atoms with van der Waals surface area (Å²) in [6, 6.07) is -0.281. The van der Waals surface area contributed by atoms with Gasteiger partial charge in [-0.3, -0.25) is 4.79 Å². The van der Waals surface area contributed by atoms with Gasteiger partial charge in [0.15, 0.2) is 0 Å². The highest BCUT2D eigenvalue weighted by atomic mass is 16.2. The van der Waals surface area contributed by atoms with E-state index in [1.165, 1.54) is 6.42 Å². The summed E-state index contributed by atoms with van der Waals surface area (Å²) in [5, 5.41) is 0. The average molecular weight is 240 g/mol. The molecule has 0 aromatic carbocycles. The maximum absolute atomic E-state index is 12.2. The molecule has 17 heavy (non-hydrogen) atoms. The van der Waals surface area contributed by atoms with E-state index in [1.807, 2.05) is 4.90 Å². The Hall–Kier alpha value is -0.570. The maximum Gasteiger partial charge on any atom is 0.239 e. The molecule has 0 aliphatic carbocycles. The van der Waals surface area contributed by atoms with E-state index in [9.17, 15) is 4.79 Å². The first-order valence-corrected chi connectivity index (χ1v) is 7.00. The van der Waals surface area contributed by atoms with E-state index in [2.05, 4.69) is 20.8 Å². The summed E-state index contributed by atoms with van der Waals surface area (Å²) in [4.78, 5) is 14.1. The van der Waals surface area contributed by atoms with E-state index in [0.717, 1.165) is 45.2 Å². The second kappa shape index (κ2) is 6.39. The number of nitrogens with zero attached hydrogens (tertiary/aromatic N) is 1. The first kappa shape index (κ1) is 14.5. The lowest BCUT2D eigenvalue weighted by Crippen LogP contribution is -2.44. The van der Waals surface area contributed by atoms with E-state index in [1.54, 1.807) is 0 Å². The van der Waals surface area contributed by atoms with Gasteiger partial charge in [0.05, 0.1) is 6.04 Å². The summed E-state index contributed by atoms with van der Waals surface area (Å²) in [6.45, 7) is 8.48. The molecular formula is C14H28N2O. The number of unbranched alkanes of at least 4 members (excludes halogenated alkanes) is 1. The quantitative estimate of drug-likeness (QED) is 0.821. The molecule has 1 rings (SSSR count). The number of hydrogen-bond donors (Lipinski definition) is 1. The van der Waals surface area contributed by atoms with Gasteiger partial charge >= 0.3 is 0 Å². The summed E-state index contributed by atoms with van der Waals surface area (Å²) >= 11 is 0. The Kier molecular flexibility index (Phi) is 5.44. The SMILES string of the molecule is CCCCC(N)C(=O)N1CCCC(C)(C)CC1. The van der Waals surface area contributed by atoms with E-state index in [0.29, 0.717) is 5.41 Å². The predicted octanol–water partition coefficient (Wildman–Crippen LogP) is 2.54. The summed E-state index contributed by atoms with van der Waals surface area (Å²) in [5.41, 5.74) is 6.34. The van der Waals surface area contributed by atoms with Crippen molar-refractivity contribution in [1.29, 1.82) is 0 Å². The predicted molar refractivity (Wildman–Crippen MR) is 71.7 cm³/mol. The normalized spacial score (nSPS) is 22.0. The van der Waals surface area contributed by atoms with Crippen LogP contribution in [0.25, 0.3) is 0 Å². The summed E-state index contributed by atoms with van der Waals surface area (Å²) in [6.07, 6.45) is 6.40. The fourth-order valence-corrected chi connectivity index (χ4v) is 2.43. The third-order valence-electron chi connectivity index (χ3n) is 3.84. The van der Waals surface area contributed by atoms with Crippen LogP contribution < -0.4 is 5.73 Å². The number of rotatable bonds is 4. The molecule has 0 saturated carbocycles. The Morgan fingerprint density at radius 1 is 1.35 bits per heavy atom. The second-order valence-corrected chi connectivity index (χ2v) is 6.09. The van der Waals surface area contributed by atoms with E-state index in [-0.39, 0.29) is 11.9 Å². The second-order valence-electron chi connectivity index (χ2n) is 6.09. The number of amides is 1. The van der Waals surface area contributed by atoms with Gasteiger partial charge in [-0.2, -0.15) is 0 Å². The lowest BCUT2D eigenvalue weighted by Gasteiger charge is -2.25. The fourth-order valence-electron chi connectivity index (χ4n) is 2.43. The van der Waals surface area contributed by atoms with Gasteiger partial charge in [-0.25, -0.2) is 0 Å². The molecule has 1 saturated heterocycles. The average Bonchev–Trinajstić information content (AvgIpc) is 2.46. The fraction of sp³-hybridized carbons (Fsp3) is 0.929. The molecule has 2 N–H and O–H groups in total. The molecule has 0 spiro atoms. The van der Waals surface area contributed by atoms with E-state index < -0.39 is 0 Å². The van der Waals surface area contributed by atoms with Crippen molar-refractivity contribution in [3.63, 3.8) is 0 Å². The molecule has 0 aromatic heterocycles. The minimum atomic E-state index is -0.281. The zero-order valence-electron chi connectivity index (χ0n) is 11.7. The number of likely N-dealkylation sites (tertiary alicyclic amines) is 1. The highest BCUT2D eigenvalue weighted by Crippen LogP contribution is 2.29. The van der Waals surface area contributed by atoms with Crippen LogP contribution in [0.2, 0.25) is 0 Å². The zero-order valence-corrected chi connectivity index (χ0v) is 11.7. The van der Waals surface area contributed by atoms with Crippen LogP contribution in [0, 0.1) is 5.41 Å². The van der Waals surface area contributed by atoms with E-state index >= 15 is 0 Å². The molecule has 100 valence electrons. The molecular weight excluding hydrogens is 212 g/mol. The molecule has 3 nitrogen and oxygen atoms in total. The van der Waals surface area contributed by atoms with Crippen molar-refractivity contribution in [2.75, 3.05) is 13.1 Å². The van der Waals surface area contributed by atoms with Crippen molar-refractivity contribution in [1.82, 2.24) is 4.90 Å². The molecule has 1 atom stereocenters. The van der Waals surface area contributed by atoms with Crippen LogP contribution in [-0.4, -0.2) is 29.9 Å². The first-order chi connectivity index (χ1) is 7.96. The third-order valence-corrected chi connectivity index (χ3v) is 3.84. The van der Waals surface area contributed by atoms with Crippen LogP contribution in [0.4, 0.5) is 0 Å². The summed E-state index contributed by atoms with van der Waals surface area (Å²) < 4.78 is 0. The third kappa shape index (κ3) is 4.66. The maximum atomic E-state index is 12.2. The molecule has 1 heterocycles. The summed E-state index contributed by atoms with van der Waals surface area (Å²) in [5.74, 6) is 0.163. The van der Waals surface area contributed by atoms with Gasteiger partial charge < -0.3 is 10.6 Å². The van der Waals surface area contributed by atoms with E-state index in [4.69, 9.17) is 5.73 Å². The Labute approximate surface area is 106 Å². The summed E-state index contributed by atoms with van der Waals surface area (Å²) in [7, 11) is 0. The van der Waals surface area contributed by atoms with Crippen molar-refractivity contribution in [2.24, 2.45) is 11.1 Å². The van der Waals surface area contributed by atoms with Crippen molar-refractivity contribution >= 4 is 5.91 Å². The van der Waals surface area contributed by atoms with Crippen molar-refractivity contribution in [3.8, 4) is 0 Å². The Balaban J connectivity index is 2.46. The first-order valence-electron chi connectivity index (χ1n) is 7.00. The van der Waals surface area contributed by atoms with Gasteiger partial charge in [-0.15, -0.1) is 0 Å². The van der Waals surface area contributed by atoms with Crippen molar-refractivity contribution < 1.29 is 4.79 Å². The minimum Gasteiger partial charge on any atom is -0.341 e. The monoisotopic (exact) mass is 240 g/mol. The molecule has 0 aromatic rings. The van der Waals surface area contributed by atoms with Gasteiger partial charge in [-0.1, -0.05) is 33.6 Å². The Morgan fingerprint density at radius 3 is 2.71 bits per heavy atom. The van der Waals surface area contributed by atoms with Gasteiger partial charge in [0.1, 0.15) is 0 Å². The van der Waals surface area contributed by atoms with Gasteiger partial charge in [0.25, 0.3) is 0 Å². The standard InChI is InChI=1S/C14H28N2O/c1-4-5-7-12(15)13(17)16-10-6-8-14(2,3)9-11-16/h12H,4-11,15H2,1-3H3. The lowest BCUT2D eigenvalue weighted by atomic mass is 9.85. The van der Waals surface area contributed by atoms with Gasteiger partial charge in [-0.05, 0) is 31.1 Å². The lowest BCUT2D eigenvalue weighted by molar-refractivity contribution is -0.132. The van der Waals surface area contributed by atoms with Crippen molar-refractivity contribution in [2.45, 2.75) is 65.3 Å². The number of nitrogens with two attached hydrogens (primary N) is 1. The number of hydrogen-bond acceptors (Lipinski definition) is 2. The Morgan fingerprint density at radius 2 is 2.06 bits per heavy atom. The molecule has 0 bridgehead atoms. The minimum absolute atomic E-state index is 0.163. The number of carbonyl (C=O) groups excluding carboxylic acids is 1. The van der Waals surface area contributed by atoms with Crippen LogP contribution >= 0.6 is 0 Å². The highest BCUT2D eigenvalue weighted by Gasteiger charge is 2.27. The molecule has 0 radical (unpaired) electrons. The van der Waals surface area contributed by atoms with Crippen LogP contribution in [-0.2, 0) is 4.79 Å². The molecule has 1 unspecified atom stereocenters. The highest BCUT2D eigenvalue weighted by molar-refractivity contribution is 5.81. The Bertz CT molecular complexity index is 251. The topological polar surface area (TPSA) is 46.3 Å². The van der Waals surface area contributed by atoms with Gasteiger partial charge in [0.2, 0.25) is 5.91 Å². The van der Waals surface area contributed by atoms with Crippen LogP contribution in [0.15, 0.2) is 0 Å².